The van der Waals surface area contributed by atoms with Gasteiger partial charge in [0.15, 0.2) is 0 Å². The third-order valence-corrected chi connectivity index (χ3v) is 2.08. The van der Waals surface area contributed by atoms with E-state index in [9.17, 15) is 5.11 Å². The summed E-state index contributed by atoms with van der Waals surface area (Å²) in [4.78, 5) is 0. The zero-order valence-electron chi connectivity index (χ0n) is 11.2. The molecule has 2 rings (SSSR count). The van der Waals surface area contributed by atoms with Crippen LogP contribution < -0.4 is 0 Å². The number of hydrogen-bond donors (Lipinski definition) is 1. The first-order valence-electron chi connectivity index (χ1n) is 6.29. The van der Waals surface area contributed by atoms with E-state index in [1.165, 1.54) is 0 Å². The Morgan fingerprint density at radius 2 is 1.53 bits per heavy atom. The maximum absolute atomic E-state index is 10.3. The monoisotopic (exact) mass is 201 g/mol. The van der Waals surface area contributed by atoms with E-state index in [0.29, 0.717) is 0 Å². The summed E-state index contributed by atoms with van der Waals surface area (Å²) in [6, 6.07) is 16.5. The van der Waals surface area contributed by atoms with Crippen molar-refractivity contribution in [2.75, 3.05) is 0 Å². The molecule has 0 heterocycles. The number of rotatable bonds is 3. The second kappa shape index (κ2) is 4.76. The van der Waals surface area contributed by atoms with E-state index in [2.05, 4.69) is 0 Å². The van der Waals surface area contributed by atoms with Gasteiger partial charge in [0.25, 0.3) is 0 Å². The van der Waals surface area contributed by atoms with Crippen molar-refractivity contribution in [2.24, 2.45) is 0 Å². The number of hydrogen-bond acceptors (Lipinski definition) is 1. The van der Waals surface area contributed by atoms with Crippen LogP contribution in [0, 0.1) is 0 Å². The van der Waals surface area contributed by atoms with Crippen molar-refractivity contribution in [3.05, 3.63) is 71.8 Å². The molecule has 0 aliphatic rings. The lowest BCUT2D eigenvalue weighted by molar-refractivity contribution is 0.178. The summed E-state index contributed by atoms with van der Waals surface area (Å²) in [7, 11) is 0. The highest BCUT2D eigenvalue weighted by atomic mass is 16.3. The molecular formula is C14H14O. The normalized spacial score (nSPS) is 18.3. The van der Waals surface area contributed by atoms with Gasteiger partial charge in [0.1, 0.15) is 0 Å². The fourth-order valence-corrected chi connectivity index (χ4v) is 1.33. The van der Waals surface area contributed by atoms with Crippen molar-refractivity contribution in [3.63, 3.8) is 0 Å². The summed E-state index contributed by atoms with van der Waals surface area (Å²) in [5.74, 6) is 0. The first kappa shape index (κ1) is 6.81. The van der Waals surface area contributed by atoms with Crippen LogP contribution in [0.15, 0.2) is 60.7 Å². The highest BCUT2D eigenvalue weighted by Gasteiger charge is 2.06. The lowest BCUT2D eigenvalue weighted by Gasteiger charge is -2.10. The summed E-state index contributed by atoms with van der Waals surface area (Å²) in [5, 5.41) is 10.3. The second-order valence-electron chi connectivity index (χ2n) is 3.21. The smallest absolute Gasteiger partial charge is 0.0830 e. The van der Waals surface area contributed by atoms with Gasteiger partial charge in [-0.05, 0) is 11.1 Å². The average Bonchev–Trinajstić information content (AvgIpc) is 2.40. The number of aliphatic hydroxyl groups is 1. The molecule has 0 amide bonds. The van der Waals surface area contributed by atoms with E-state index < -0.39 is 12.5 Å². The molecule has 0 aliphatic heterocycles. The van der Waals surface area contributed by atoms with Gasteiger partial charge in [-0.25, -0.2) is 0 Å². The van der Waals surface area contributed by atoms with Crippen LogP contribution >= 0.6 is 0 Å². The van der Waals surface area contributed by atoms with E-state index in [-0.39, 0.29) is 11.1 Å². The summed E-state index contributed by atoms with van der Waals surface area (Å²) in [5.41, 5.74) is 0.519. The van der Waals surface area contributed by atoms with Gasteiger partial charge in [0, 0.05) is 9.11 Å². The van der Waals surface area contributed by atoms with E-state index in [1.807, 2.05) is 0 Å². The molecule has 0 radical (unpaired) electrons. The Kier molecular flexibility index (Phi) is 2.16. The van der Waals surface area contributed by atoms with Crippen LogP contribution in [-0.2, 0) is 6.37 Å². The molecule has 2 aromatic carbocycles. The van der Waals surface area contributed by atoms with Gasteiger partial charge >= 0.3 is 0 Å². The van der Waals surface area contributed by atoms with Crippen molar-refractivity contribution < 1.29 is 9.22 Å². The second-order valence-corrected chi connectivity index (χ2v) is 3.21. The fourth-order valence-electron chi connectivity index (χ4n) is 1.33. The Balaban J connectivity index is 2.47. The number of benzene rings is 2. The predicted octanol–water partition coefficient (Wildman–Crippen LogP) is 2.96. The molecule has 1 heteroatoms. The van der Waals surface area contributed by atoms with Gasteiger partial charge in [0.05, 0.1) is 7.45 Å². The molecular weight excluding hydrogens is 184 g/mol. The van der Waals surface area contributed by atoms with Crippen LogP contribution in [0.2, 0.25) is 0 Å². The SMILES string of the molecule is [2H]C([2H])(c1ccccc1)[C@]([2H])(O)c1ccccc1. The van der Waals surface area contributed by atoms with Gasteiger partial charge in [-0.1, -0.05) is 60.7 Å². The maximum atomic E-state index is 10.3. The Labute approximate surface area is 94.2 Å². The molecule has 0 aliphatic carbocycles. The molecule has 15 heavy (non-hydrogen) atoms. The molecule has 0 saturated heterocycles. The van der Waals surface area contributed by atoms with Crippen LogP contribution in [0.1, 0.15) is 21.3 Å². The van der Waals surface area contributed by atoms with Crippen LogP contribution in [0.4, 0.5) is 0 Å². The Bertz CT molecular complexity index is 460. The highest BCUT2D eigenvalue weighted by Crippen LogP contribution is 2.17. The topological polar surface area (TPSA) is 20.2 Å². The van der Waals surface area contributed by atoms with Crippen LogP contribution in [-0.4, -0.2) is 5.11 Å². The molecule has 2 aromatic rings. The molecule has 76 valence electrons. The highest BCUT2D eigenvalue weighted by molar-refractivity contribution is 5.22. The van der Waals surface area contributed by atoms with Crippen LogP contribution in [0.5, 0.6) is 0 Å². The zero-order chi connectivity index (χ0) is 13.2. The molecule has 0 fully saturated rings. The van der Waals surface area contributed by atoms with E-state index >= 15 is 0 Å². The summed E-state index contributed by atoms with van der Waals surface area (Å²) in [6.45, 7) is 0. The van der Waals surface area contributed by atoms with Crippen LogP contribution in [0.25, 0.3) is 0 Å². The molecule has 1 nitrogen and oxygen atoms in total. The minimum atomic E-state index is -2.32. The minimum absolute atomic E-state index is 0.235. The summed E-state index contributed by atoms with van der Waals surface area (Å²) in [6.07, 6.45) is -4.51. The molecule has 0 bridgehead atoms. The van der Waals surface area contributed by atoms with Crippen LogP contribution in [0.3, 0.4) is 0 Å². The first-order chi connectivity index (χ1) is 8.46. The van der Waals surface area contributed by atoms with E-state index in [0.717, 1.165) is 0 Å². The zero-order valence-corrected chi connectivity index (χ0v) is 8.22. The molecule has 0 unspecified atom stereocenters. The van der Waals surface area contributed by atoms with Gasteiger partial charge in [-0.3, -0.25) is 0 Å². The van der Waals surface area contributed by atoms with E-state index in [4.69, 9.17) is 4.11 Å². The average molecular weight is 201 g/mol. The first-order valence-corrected chi connectivity index (χ1v) is 4.79. The van der Waals surface area contributed by atoms with Crippen molar-refractivity contribution in [3.8, 4) is 0 Å². The Morgan fingerprint density at radius 3 is 2.13 bits per heavy atom. The van der Waals surface area contributed by atoms with Gasteiger partial charge in [-0.2, -0.15) is 0 Å². The standard InChI is InChI=1S/C14H14O/c15-14(13-9-5-2-6-10-13)11-12-7-3-1-4-8-12/h1-10,14-15H,11H2/t14-/m0/s1/i11D2,14D. The van der Waals surface area contributed by atoms with Crippen molar-refractivity contribution in [1.82, 2.24) is 0 Å². The molecule has 1 atom stereocenters. The quantitative estimate of drug-likeness (QED) is 0.809. The third kappa shape index (κ3) is 2.67. The Hall–Kier alpha value is -1.60. The fraction of sp³-hybridized carbons (Fsp3) is 0.143. The third-order valence-electron chi connectivity index (χ3n) is 2.08. The maximum Gasteiger partial charge on any atom is 0.0830 e. The molecule has 0 spiro atoms. The molecule has 1 N–H and O–H groups in total. The molecule has 0 aromatic heterocycles. The lowest BCUT2D eigenvalue weighted by Crippen LogP contribution is -2.01. The van der Waals surface area contributed by atoms with Gasteiger partial charge in [-0.15, -0.1) is 0 Å². The lowest BCUT2D eigenvalue weighted by atomic mass is 10.0. The minimum Gasteiger partial charge on any atom is -0.388 e. The largest absolute Gasteiger partial charge is 0.388 e. The molecule has 0 saturated carbocycles. The van der Waals surface area contributed by atoms with Gasteiger partial charge < -0.3 is 5.11 Å². The van der Waals surface area contributed by atoms with E-state index in [1.54, 1.807) is 60.7 Å². The summed E-state index contributed by atoms with van der Waals surface area (Å²) < 4.78 is 24.1. The van der Waals surface area contributed by atoms with Crippen molar-refractivity contribution in [1.29, 1.82) is 0 Å². The Morgan fingerprint density at radius 1 is 1.00 bits per heavy atom. The van der Waals surface area contributed by atoms with Crippen molar-refractivity contribution >= 4 is 0 Å². The predicted molar refractivity (Wildman–Crippen MR) is 61.5 cm³/mol. The van der Waals surface area contributed by atoms with Crippen molar-refractivity contribution in [2.45, 2.75) is 12.5 Å². The summed E-state index contributed by atoms with van der Waals surface area (Å²) >= 11 is 0. The van der Waals surface area contributed by atoms with Gasteiger partial charge in [0.2, 0.25) is 0 Å².